The van der Waals surface area contributed by atoms with Gasteiger partial charge in [-0.1, -0.05) is 30.3 Å². The second kappa shape index (κ2) is 5.92. The monoisotopic (exact) mass is 319 g/mol. The fraction of sp³-hybridized carbons (Fsp3) is 0.333. The van der Waals surface area contributed by atoms with Gasteiger partial charge in [-0.25, -0.2) is 8.42 Å². The van der Waals surface area contributed by atoms with Crippen LogP contribution in [-0.4, -0.2) is 48.3 Å². The Bertz CT molecular complexity index is 742. The standard InChI is InChI=1S/C15H17N3O3S/c19-15(13-6-8-16-17-13)18-9-7-14(22(20,21)11-10-18)12-4-2-1-3-5-12/h1-6,8,14H,7,9-11H2,(H,16,17)/t14-/m1/s1. The van der Waals surface area contributed by atoms with Gasteiger partial charge >= 0.3 is 0 Å². The number of hydrogen-bond acceptors (Lipinski definition) is 4. The van der Waals surface area contributed by atoms with Crippen LogP contribution in [0.5, 0.6) is 0 Å². The SMILES string of the molecule is O=C(c1ccn[nH]1)N1CC[C@H](c2ccccc2)S(=O)(=O)CC1. The van der Waals surface area contributed by atoms with Crippen molar-refractivity contribution < 1.29 is 13.2 Å². The van der Waals surface area contributed by atoms with E-state index in [1.807, 2.05) is 30.3 Å². The molecule has 1 aliphatic heterocycles. The van der Waals surface area contributed by atoms with Crippen molar-refractivity contribution in [2.75, 3.05) is 18.8 Å². The van der Waals surface area contributed by atoms with Crippen LogP contribution in [0.15, 0.2) is 42.6 Å². The van der Waals surface area contributed by atoms with Crippen molar-refractivity contribution in [3.05, 3.63) is 53.9 Å². The van der Waals surface area contributed by atoms with Crippen LogP contribution in [0.2, 0.25) is 0 Å². The van der Waals surface area contributed by atoms with Gasteiger partial charge in [-0.05, 0) is 18.1 Å². The molecule has 0 spiro atoms. The number of sulfone groups is 1. The van der Waals surface area contributed by atoms with Gasteiger partial charge in [-0.2, -0.15) is 5.10 Å². The molecule has 1 aromatic carbocycles. The van der Waals surface area contributed by atoms with E-state index in [1.54, 1.807) is 11.0 Å². The molecule has 2 heterocycles. The van der Waals surface area contributed by atoms with Crippen molar-refractivity contribution in [2.24, 2.45) is 0 Å². The van der Waals surface area contributed by atoms with Crippen LogP contribution in [0.1, 0.15) is 27.7 Å². The first-order valence-corrected chi connectivity index (χ1v) is 8.84. The molecule has 22 heavy (non-hydrogen) atoms. The van der Waals surface area contributed by atoms with Crippen LogP contribution >= 0.6 is 0 Å². The maximum absolute atomic E-state index is 12.5. The minimum absolute atomic E-state index is 0.0214. The van der Waals surface area contributed by atoms with E-state index in [0.29, 0.717) is 18.7 Å². The molecule has 1 fully saturated rings. The summed E-state index contributed by atoms with van der Waals surface area (Å²) >= 11 is 0. The number of carbonyl (C=O) groups excluding carboxylic acids is 1. The lowest BCUT2D eigenvalue weighted by molar-refractivity contribution is 0.0760. The van der Waals surface area contributed by atoms with E-state index >= 15 is 0 Å². The lowest BCUT2D eigenvalue weighted by atomic mass is 10.1. The molecule has 1 amide bonds. The fourth-order valence-corrected chi connectivity index (χ4v) is 4.53. The van der Waals surface area contributed by atoms with Gasteiger partial charge < -0.3 is 4.90 Å². The van der Waals surface area contributed by atoms with Crippen molar-refractivity contribution in [1.29, 1.82) is 0 Å². The van der Waals surface area contributed by atoms with Crippen molar-refractivity contribution in [3.63, 3.8) is 0 Å². The Morgan fingerprint density at radius 2 is 1.95 bits per heavy atom. The summed E-state index contributed by atoms with van der Waals surface area (Å²) in [6.07, 6.45) is 1.92. The number of hydrogen-bond donors (Lipinski definition) is 1. The van der Waals surface area contributed by atoms with Crippen molar-refractivity contribution in [3.8, 4) is 0 Å². The normalized spacial score (nSPS) is 21.3. The van der Waals surface area contributed by atoms with Gasteiger partial charge in [0.2, 0.25) is 0 Å². The molecule has 0 saturated carbocycles. The summed E-state index contributed by atoms with van der Waals surface area (Å²) in [5.74, 6) is -0.228. The molecule has 7 heteroatoms. The molecule has 3 rings (SSSR count). The minimum Gasteiger partial charge on any atom is -0.336 e. The highest BCUT2D eigenvalue weighted by atomic mass is 32.2. The molecule has 1 N–H and O–H groups in total. The molecule has 1 aliphatic rings. The van der Waals surface area contributed by atoms with Gasteiger partial charge in [-0.15, -0.1) is 0 Å². The van der Waals surface area contributed by atoms with E-state index in [0.717, 1.165) is 5.56 Å². The highest BCUT2D eigenvalue weighted by Crippen LogP contribution is 2.29. The molecular formula is C15H17N3O3S. The quantitative estimate of drug-likeness (QED) is 0.907. The Kier molecular flexibility index (Phi) is 3.98. The van der Waals surface area contributed by atoms with Crippen LogP contribution in [0.4, 0.5) is 0 Å². The van der Waals surface area contributed by atoms with E-state index in [4.69, 9.17) is 0 Å². The van der Waals surface area contributed by atoms with Gasteiger partial charge in [0, 0.05) is 19.3 Å². The molecule has 0 aliphatic carbocycles. The van der Waals surface area contributed by atoms with Crippen LogP contribution in [0.25, 0.3) is 0 Å². The maximum Gasteiger partial charge on any atom is 0.271 e. The summed E-state index contributed by atoms with van der Waals surface area (Å²) in [6.45, 7) is 0.625. The largest absolute Gasteiger partial charge is 0.336 e. The summed E-state index contributed by atoms with van der Waals surface area (Å²) in [7, 11) is -3.27. The molecule has 1 atom stereocenters. The van der Waals surface area contributed by atoms with E-state index in [1.165, 1.54) is 6.20 Å². The number of amides is 1. The average molecular weight is 319 g/mol. The zero-order valence-electron chi connectivity index (χ0n) is 12.0. The van der Waals surface area contributed by atoms with Crippen LogP contribution in [0.3, 0.4) is 0 Å². The predicted octanol–water partition coefficient (Wildman–Crippen LogP) is 1.41. The zero-order chi connectivity index (χ0) is 15.6. The molecule has 2 aromatic rings. The Morgan fingerprint density at radius 3 is 2.64 bits per heavy atom. The van der Waals surface area contributed by atoms with Gasteiger partial charge in [0.05, 0.1) is 11.0 Å². The first-order chi connectivity index (χ1) is 10.6. The first kappa shape index (κ1) is 14.8. The molecule has 0 radical (unpaired) electrons. The average Bonchev–Trinajstić information content (AvgIpc) is 3.00. The van der Waals surface area contributed by atoms with E-state index in [9.17, 15) is 13.2 Å². The fourth-order valence-electron chi connectivity index (χ4n) is 2.73. The van der Waals surface area contributed by atoms with Gasteiger partial charge in [0.15, 0.2) is 9.84 Å². The Hall–Kier alpha value is -2.15. The number of nitrogens with one attached hydrogen (secondary N) is 1. The van der Waals surface area contributed by atoms with Gasteiger partial charge in [-0.3, -0.25) is 9.89 Å². The molecular weight excluding hydrogens is 302 g/mol. The second-order valence-electron chi connectivity index (χ2n) is 5.32. The molecule has 116 valence electrons. The van der Waals surface area contributed by atoms with Gasteiger partial charge in [0.1, 0.15) is 5.69 Å². The van der Waals surface area contributed by atoms with E-state index in [2.05, 4.69) is 10.2 Å². The molecule has 1 aromatic heterocycles. The highest BCUT2D eigenvalue weighted by molar-refractivity contribution is 7.91. The van der Waals surface area contributed by atoms with Crippen LogP contribution in [-0.2, 0) is 9.84 Å². The summed E-state index contributed by atoms with van der Waals surface area (Å²) < 4.78 is 25.0. The second-order valence-corrected chi connectivity index (χ2v) is 7.62. The van der Waals surface area contributed by atoms with Gasteiger partial charge in [0.25, 0.3) is 5.91 Å². The summed E-state index contributed by atoms with van der Waals surface area (Å²) in [5.41, 5.74) is 1.17. The summed E-state index contributed by atoms with van der Waals surface area (Å²) in [4.78, 5) is 13.9. The number of aromatic amines is 1. The van der Waals surface area contributed by atoms with Crippen molar-refractivity contribution in [1.82, 2.24) is 15.1 Å². The lowest BCUT2D eigenvalue weighted by Crippen LogP contribution is -2.33. The Labute approximate surface area is 129 Å². The van der Waals surface area contributed by atoms with E-state index < -0.39 is 15.1 Å². The Balaban J connectivity index is 1.82. The zero-order valence-corrected chi connectivity index (χ0v) is 12.8. The third-order valence-electron chi connectivity index (χ3n) is 3.93. The molecule has 6 nitrogen and oxygen atoms in total. The third-order valence-corrected chi connectivity index (χ3v) is 6.06. The summed E-state index contributed by atoms with van der Waals surface area (Å²) in [6, 6.07) is 10.8. The number of carbonyl (C=O) groups is 1. The maximum atomic E-state index is 12.5. The number of nitrogens with zero attached hydrogens (tertiary/aromatic N) is 2. The molecule has 0 bridgehead atoms. The smallest absolute Gasteiger partial charge is 0.271 e. The minimum atomic E-state index is -3.27. The van der Waals surface area contributed by atoms with Crippen LogP contribution in [0, 0.1) is 0 Å². The third kappa shape index (κ3) is 2.89. The topological polar surface area (TPSA) is 83.1 Å². The molecule has 0 unspecified atom stereocenters. The van der Waals surface area contributed by atoms with E-state index in [-0.39, 0.29) is 18.2 Å². The number of rotatable bonds is 2. The van der Waals surface area contributed by atoms with Crippen LogP contribution < -0.4 is 0 Å². The first-order valence-electron chi connectivity index (χ1n) is 7.13. The predicted molar refractivity (Wildman–Crippen MR) is 82.1 cm³/mol. The Morgan fingerprint density at radius 1 is 1.18 bits per heavy atom. The van der Waals surface area contributed by atoms with Crippen molar-refractivity contribution >= 4 is 15.7 Å². The van der Waals surface area contributed by atoms with Crippen molar-refractivity contribution in [2.45, 2.75) is 11.7 Å². The number of benzene rings is 1. The highest BCUT2D eigenvalue weighted by Gasteiger charge is 2.32. The molecule has 1 saturated heterocycles. The lowest BCUT2D eigenvalue weighted by Gasteiger charge is -2.19. The number of aromatic nitrogens is 2. The number of H-pyrrole nitrogens is 1. The summed E-state index contributed by atoms with van der Waals surface area (Å²) in [5, 5.41) is 5.84.